The first-order valence-electron chi connectivity index (χ1n) is 7.34. The predicted octanol–water partition coefficient (Wildman–Crippen LogP) is 2.51. The van der Waals surface area contributed by atoms with Crippen molar-refractivity contribution in [3.63, 3.8) is 0 Å². The summed E-state index contributed by atoms with van der Waals surface area (Å²) in [5, 5.41) is 0. The molecule has 0 saturated heterocycles. The van der Waals surface area contributed by atoms with Gasteiger partial charge < -0.3 is 14.2 Å². The van der Waals surface area contributed by atoms with E-state index in [4.69, 9.17) is 14.2 Å². The van der Waals surface area contributed by atoms with Gasteiger partial charge in [0.05, 0.1) is 39.0 Å². The molecule has 0 aliphatic carbocycles. The van der Waals surface area contributed by atoms with Gasteiger partial charge in [-0.05, 0) is 24.3 Å². The smallest absolute Gasteiger partial charge is 0.265 e. The lowest BCUT2D eigenvalue weighted by Gasteiger charge is -2.17. The van der Waals surface area contributed by atoms with Gasteiger partial charge in [-0.15, -0.1) is 0 Å². The molecule has 1 aliphatic heterocycles. The Morgan fingerprint density at radius 2 is 1.62 bits per heavy atom. The molecule has 0 bridgehead atoms. The summed E-state index contributed by atoms with van der Waals surface area (Å²) in [7, 11) is 4.57. The topological polar surface area (TPSA) is 65.1 Å². The van der Waals surface area contributed by atoms with Crippen LogP contribution in [0, 0.1) is 0 Å². The molecule has 2 amide bonds. The lowest BCUT2D eigenvalue weighted by atomic mass is 10.1. The molecule has 1 heterocycles. The molecule has 24 heavy (non-hydrogen) atoms. The Kier molecular flexibility index (Phi) is 4.12. The summed E-state index contributed by atoms with van der Waals surface area (Å²) in [6.07, 6.45) is 0. The van der Waals surface area contributed by atoms with Crippen LogP contribution < -0.4 is 14.2 Å². The van der Waals surface area contributed by atoms with Gasteiger partial charge in [-0.25, -0.2) is 0 Å². The van der Waals surface area contributed by atoms with E-state index in [9.17, 15) is 9.59 Å². The van der Waals surface area contributed by atoms with Crippen LogP contribution in [-0.4, -0.2) is 38.0 Å². The molecular formula is C18H17NO5. The largest absolute Gasteiger partial charge is 0.497 e. The molecule has 0 N–H and O–H groups in total. The molecule has 6 nitrogen and oxygen atoms in total. The number of amides is 2. The summed E-state index contributed by atoms with van der Waals surface area (Å²) in [4.78, 5) is 26.5. The Morgan fingerprint density at radius 1 is 0.875 bits per heavy atom. The van der Waals surface area contributed by atoms with E-state index in [1.807, 2.05) is 0 Å². The van der Waals surface area contributed by atoms with Gasteiger partial charge in [0.25, 0.3) is 11.8 Å². The Hall–Kier alpha value is -3.02. The van der Waals surface area contributed by atoms with Crippen LogP contribution in [0.3, 0.4) is 0 Å². The molecular weight excluding hydrogens is 310 g/mol. The molecule has 2 aromatic rings. The summed E-state index contributed by atoms with van der Waals surface area (Å²) in [6.45, 7) is 0.114. The average molecular weight is 327 g/mol. The van der Waals surface area contributed by atoms with Crippen LogP contribution in [0.4, 0.5) is 0 Å². The number of carbonyl (C=O) groups excluding carboxylic acids is 2. The van der Waals surface area contributed by atoms with Crippen molar-refractivity contribution in [2.45, 2.75) is 6.54 Å². The summed E-state index contributed by atoms with van der Waals surface area (Å²) >= 11 is 0. The number of carbonyl (C=O) groups is 2. The van der Waals surface area contributed by atoms with Crippen molar-refractivity contribution in [1.29, 1.82) is 0 Å². The maximum Gasteiger partial charge on any atom is 0.265 e. The molecule has 1 aliphatic rings. The second kappa shape index (κ2) is 6.23. The Labute approximate surface area is 139 Å². The van der Waals surface area contributed by atoms with Crippen LogP contribution in [0.2, 0.25) is 0 Å². The van der Waals surface area contributed by atoms with Crippen molar-refractivity contribution in [2.24, 2.45) is 0 Å². The number of methoxy groups -OCH3 is 3. The fourth-order valence-corrected chi connectivity index (χ4v) is 2.77. The summed E-state index contributed by atoms with van der Waals surface area (Å²) in [5.74, 6) is 0.879. The van der Waals surface area contributed by atoms with Gasteiger partial charge in [0.15, 0.2) is 0 Å². The van der Waals surface area contributed by atoms with E-state index in [-0.39, 0.29) is 18.4 Å². The lowest BCUT2D eigenvalue weighted by molar-refractivity contribution is 0.0640. The highest BCUT2D eigenvalue weighted by atomic mass is 16.5. The molecule has 6 heteroatoms. The summed E-state index contributed by atoms with van der Waals surface area (Å²) in [6, 6.07) is 10.2. The lowest BCUT2D eigenvalue weighted by Crippen LogP contribution is -2.29. The molecule has 3 rings (SSSR count). The average Bonchev–Trinajstić information content (AvgIpc) is 2.87. The number of fused-ring (bicyclic) bond motifs is 1. The normalized spacial score (nSPS) is 13.0. The summed E-state index contributed by atoms with van der Waals surface area (Å²) < 4.78 is 15.7. The number of benzene rings is 2. The first-order chi connectivity index (χ1) is 11.6. The second-order valence-corrected chi connectivity index (χ2v) is 5.26. The highest BCUT2D eigenvalue weighted by molar-refractivity contribution is 6.22. The summed E-state index contributed by atoms with van der Waals surface area (Å²) in [5.41, 5.74) is 1.37. The van der Waals surface area contributed by atoms with Gasteiger partial charge in [0.1, 0.15) is 17.2 Å². The van der Waals surface area contributed by atoms with Gasteiger partial charge in [0, 0.05) is 11.6 Å². The van der Waals surface area contributed by atoms with E-state index in [1.54, 1.807) is 43.5 Å². The standard InChI is InChI=1S/C18H17NO5/c1-22-12-8-7-11(15(9-12)24-3)10-19-17(20)13-5-4-6-14(23-2)16(13)18(19)21/h4-9H,10H2,1-3H3. The number of nitrogens with zero attached hydrogens (tertiary/aromatic N) is 1. The van der Waals surface area contributed by atoms with Crippen LogP contribution >= 0.6 is 0 Å². The van der Waals surface area contributed by atoms with Crippen LogP contribution in [0.1, 0.15) is 26.3 Å². The molecule has 0 fully saturated rings. The third kappa shape index (κ3) is 2.46. The first kappa shape index (κ1) is 15.9. The number of ether oxygens (including phenoxy) is 3. The Balaban J connectivity index is 1.95. The first-order valence-corrected chi connectivity index (χ1v) is 7.34. The minimum atomic E-state index is -0.370. The van der Waals surface area contributed by atoms with Gasteiger partial charge in [-0.2, -0.15) is 0 Å². The van der Waals surface area contributed by atoms with E-state index >= 15 is 0 Å². The highest BCUT2D eigenvalue weighted by Gasteiger charge is 2.38. The van der Waals surface area contributed by atoms with E-state index in [2.05, 4.69) is 0 Å². The zero-order valence-electron chi connectivity index (χ0n) is 13.7. The van der Waals surface area contributed by atoms with Crippen molar-refractivity contribution in [1.82, 2.24) is 4.90 Å². The third-order valence-electron chi connectivity index (χ3n) is 4.00. The SMILES string of the molecule is COc1ccc(CN2C(=O)c3cccc(OC)c3C2=O)c(OC)c1. The number of rotatable bonds is 5. The quantitative estimate of drug-likeness (QED) is 0.790. The van der Waals surface area contributed by atoms with Crippen LogP contribution in [-0.2, 0) is 6.54 Å². The number of hydrogen-bond acceptors (Lipinski definition) is 5. The van der Waals surface area contributed by atoms with E-state index < -0.39 is 0 Å². The third-order valence-corrected chi connectivity index (χ3v) is 4.00. The van der Waals surface area contributed by atoms with E-state index in [0.717, 1.165) is 0 Å². The zero-order valence-corrected chi connectivity index (χ0v) is 13.7. The molecule has 0 spiro atoms. The Bertz CT molecular complexity index is 815. The van der Waals surface area contributed by atoms with Crippen molar-refractivity contribution >= 4 is 11.8 Å². The van der Waals surface area contributed by atoms with Gasteiger partial charge in [0.2, 0.25) is 0 Å². The van der Waals surface area contributed by atoms with Crippen molar-refractivity contribution in [3.05, 3.63) is 53.1 Å². The molecule has 0 radical (unpaired) electrons. The second-order valence-electron chi connectivity index (χ2n) is 5.26. The molecule has 0 aromatic heterocycles. The Morgan fingerprint density at radius 3 is 2.29 bits per heavy atom. The monoisotopic (exact) mass is 327 g/mol. The maximum absolute atomic E-state index is 12.7. The minimum absolute atomic E-state index is 0.114. The van der Waals surface area contributed by atoms with Gasteiger partial charge >= 0.3 is 0 Å². The number of hydrogen-bond donors (Lipinski definition) is 0. The van der Waals surface area contributed by atoms with E-state index in [0.29, 0.717) is 33.9 Å². The fourth-order valence-electron chi connectivity index (χ4n) is 2.77. The molecule has 0 unspecified atom stereocenters. The van der Waals surface area contributed by atoms with Crippen LogP contribution in [0.15, 0.2) is 36.4 Å². The van der Waals surface area contributed by atoms with Crippen LogP contribution in [0.25, 0.3) is 0 Å². The molecule has 0 atom stereocenters. The zero-order chi connectivity index (χ0) is 17.3. The maximum atomic E-state index is 12.7. The van der Waals surface area contributed by atoms with E-state index in [1.165, 1.54) is 19.1 Å². The van der Waals surface area contributed by atoms with Crippen molar-refractivity contribution < 1.29 is 23.8 Å². The van der Waals surface area contributed by atoms with Gasteiger partial charge in [-0.3, -0.25) is 14.5 Å². The minimum Gasteiger partial charge on any atom is -0.497 e. The molecule has 124 valence electrons. The predicted molar refractivity (Wildman–Crippen MR) is 86.7 cm³/mol. The van der Waals surface area contributed by atoms with Gasteiger partial charge in [-0.1, -0.05) is 6.07 Å². The molecule has 0 saturated carbocycles. The fraction of sp³-hybridized carbons (Fsp3) is 0.222. The number of imide groups is 1. The highest BCUT2D eigenvalue weighted by Crippen LogP contribution is 2.33. The molecule has 2 aromatic carbocycles. The van der Waals surface area contributed by atoms with Crippen LogP contribution in [0.5, 0.6) is 17.2 Å². The van der Waals surface area contributed by atoms with Crippen molar-refractivity contribution in [2.75, 3.05) is 21.3 Å². The van der Waals surface area contributed by atoms with Crippen molar-refractivity contribution in [3.8, 4) is 17.2 Å².